The Morgan fingerprint density at radius 2 is 2.75 bits per heavy atom. The van der Waals surface area contributed by atoms with Gasteiger partial charge in [0.1, 0.15) is 0 Å². The molecule has 2 aliphatic rings. The van der Waals surface area contributed by atoms with Crippen LogP contribution in [-0.4, -0.2) is 12.8 Å². The number of rotatable bonds is 0. The standard InChI is InChI=1S/C6H8N2/c1-2-8-6-4-7-3-5(1)6/h3-5,8H,1-2H2. The molecule has 1 N–H and O–H groups in total. The third kappa shape index (κ3) is 0.399. The highest BCUT2D eigenvalue weighted by Gasteiger charge is 2.20. The molecule has 0 aliphatic carbocycles. The third-order valence-electron chi connectivity index (χ3n) is 1.66. The van der Waals surface area contributed by atoms with E-state index in [2.05, 4.69) is 10.3 Å². The van der Waals surface area contributed by atoms with Crippen LogP contribution in [0.3, 0.4) is 0 Å². The summed E-state index contributed by atoms with van der Waals surface area (Å²) in [6.45, 7) is 1.13. The van der Waals surface area contributed by atoms with E-state index in [4.69, 9.17) is 0 Å². The quantitative estimate of drug-likeness (QED) is 0.480. The molecule has 0 aromatic carbocycles. The van der Waals surface area contributed by atoms with Crippen molar-refractivity contribution >= 4 is 6.21 Å². The van der Waals surface area contributed by atoms with Crippen molar-refractivity contribution in [2.45, 2.75) is 6.42 Å². The topological polar surface area (TPSA) is 24.4 Å². The van der Waals surface area contributed by atoms with Crippen LogP contribution in [0.15, 0.2) is 16.9 Å². The molecule has 2 heteroatoms. The Labute approximate surface area is 48.3 Å². The van der Waals surface area contributed by atoms with E-state index in [-0.39, 0.29) is 0 Å². The van der Waals surface area contributed by atoms with E-state index >= 15 is 0 Å². The molecule has 0 amide bonds. The van der Waals surface area contributed by atoms with Gasteiger partial charge >= 0.3 is 0 Å². The number of hydrogen-bond acceptors (Lipinski definition) is 2. The van der Waals surface area contributed by atoms with E-state index in [1.807, 2.05) is 12.4 Å². The zero-order valence-electron chi connectivity index (χ0n) is 4.59. The molecule has 1 unspecified atom stereocenters. The highest BCUT2D eigenvalue weighted by atomic mass is 15.0. The van der Waals surface area contributed by atoms with Crippen molar-refractivity contribution in [1.82, 2.24) is 5.32 Å². The van der Waals surface area contributed by atoms with Crippen molar-refractivity contribution in [3.8, 4) is 0 Å². The minimum Gasteiger partial charge on any atom is -0.387 e. The van der Waals surface area contributed by atoms with Gasteiger partial charge < -0.3 is 5.32 Å². The first-order chi connectivity index (χ1) is 3.97. The second kappa shape index (κ2) is 1.34. The molecule has 8 heavy (non-hydrogen) atoms. The minimum absolute atomic E-state index is 0.634. The summed E-state index contributed by atoms with van der Waals surface area (Å²) in [6.07, 6.45) is 5.16. The Kier molecular flexibility index (Phi) is 0.692. The highest BCUT2D eigenvalue weighted by Crippen LogP contribution is 2.20. The van der Waals surface area contributed by atoms with E-state index in [1.54, 1.807) is 0 Å². The zero-order valence-corrected chi connectivity index (χ0v) is 4.59. The smallest absolute Gasteiger partial charge is 0.0460 e. The van der Waals surface area contributed by atoms with Crippen LogP contribution in [-0.2, 0) is 0 Å². The van der Waals surface area contributed by atoms with Crippen molar-refractivity contribution in [3.05, 3.63) is 11.9 Å². The molecule has 2 aliphatic heterocycles. The molecular formula is C6H8N2. The lowest BCUT2D eigenvalue weighted by Crippen LogP contribution is -2.04. The van der Waals surface area contributed by atoms with E-state index < -0.39 is 0 Å². The Morgan fingerprint density at radius 1 is 1.75 bits per heavy atom. The van der Waals surface area contributed by atoms with Gasteiger partial charge in [0.05, 0.1) is 0 Å². The Morgan fingerprint density at radius 3 is 3.62 bits per heavy atom. The van der Waals surface area contributed by atoms with Gasteiger partial charge in [-0.2, -0.15) is 0 Å². The zero-order chi connectivity index (χ0) is 5.40. The van der Waals surface area contributed by atoms with Crippen LogP contribution in [0.5, 0.6) is 0 Å². The van der Waals surface area contributed by atoms with Gasteiger partial charge in [-0.25, -0.2) is 0 Å². The molecule has 2 heterocycles. The summed E-state index contributed by atoms with van der Waals surface area (Å²) in [6, 6.07) is 0. The lowest BCUT2D eigenvalue weighted by Gasteiger charge is -1.94. The van der Waals surface area contributed by atoms with Crippen LogP contribution in [0, 0.1) is 5.92 Å². The first-order valence-corrected chi connectivity index (χ1v) is 2.94. The van der Waals surface area contributed by atoms with Gasteiger partial charge in [-0.15, -0.1) is 0 Å². The molecule has 0 aromatic rings. The van der Waals surface area contributed by atoms with Gasteiger partial charge in [0.2, 0.25) is 0 Å². The van der Waals surface area contributed by atoms with Crippen molar-refractivity contribution in [1.29, 1.82) is 0 Å². The van der Waals surface area contributed by atoms with E-state index in [0.29, 0.717) is 5.92 Å². The fraction of sp³-hybridized carbons (Fsp3) is 0.500. The lowest BCUT2D eigenvalue weighted by molar-refractivity contribution is 0.855. The lowest BCUT2D eigenvalue weighted by atomic mass is 10.1. The summed E-state index contributed by atoms with van der Waals surface area (Å²) < 4.78 is 0. The molecule has 0 aromatic heterocycles. The van der Waals surface area contributed by atoms with Gasteiger partial charge in [0.25, 0.3) is 0 Å². The van der Waals surface area contributed by atoms with Crippen LogP contribution in [0.2, 0.25) is 0 Å². The average molecular weight is 108 g/mol. The van der Waals surface area contributed by atoms with Crippen LogP contribution in [0.4, 0.5) is 0 Å². The molecule has 2 rings (SSSR count). The fourth-order valence-electron chi connectivity index (χ4n) is 1.18. The maximum Gasteiger partial charge on any atom is 0.0460 e. The van der Waals surface area contributed by atoms with Crippen LogP contribution < -0.4 is 5.32 Å². The first kappa shape index (κ1) is 4.13. The molecule has 0 radical (unpaired) electrons. The molecule has 0 spiro atoms. The molecular weight excluding hydrogens is 100 g/mol. The van der Waals surface area contributed by atoms with Gasteiger partial charge in [-0.3, -0.25) is 4.99 Å². The van der Waals surface area contributed by atoms with Crippen molar-refractivity contribution in [2.75, 3.05) is 6.54 Å². The SMILES string of the molecule is C1=NC=C2NCCC12. The molecule has 2 nitrogen and oxygen atoms in total. The van der Waals surface area contributed by atoms with Gasteiger partial charge in [0, 0.05) is 30.6 Å². The van der Waals surface area contributed by atoms with Crippen LogP contribution in [0.1, 0.15) is 6.42 Å². The second-order valence-corrected chi connectivity index (χ2v) is 2.20. The Balaban J connectivity index is 2.29. The van der Waals surface area contributed by atoms with E-state index in [9.17, 15) is 0 Å². The monoisotopic (exact) mass is 108 g/mol. The molecule has 42 valence electrons. The molecule has 1 fully saturated rings. The predicted molar refractivity (Wildman–Crippen MR) is 32.7 cm³/mol. The predicted octanol–water partition coefficient (Wildman–Crippen LogP) is 0.522. The van der Waals surface area contributed by atoms with Crippen LogP contribution in [0.25, 0.3) is 0 Å². The molecule has 1 atom stereocenters. The minimum atomic E-state index is 0.634. The maximum absolute atomic E-state index is 4.02. The number of nitrogens with zero attached hydrogens (tertiary/aromatic N) is 1. The number of hydrogen-bond donors (Lipinski definition) is 1. The maximum atomic E-state index is 4.02. The summed E-state index contributed by atoms with van der Waals surface area (Å²) in [5.74, 6) is 0.634. The molecule has 0 bridgehead atoms. The Hall–Kier alpha value is -0.790. The number of aliphatic imine (C=N–C) groups is 1. The summed E-state index contributed by atoms with van der Waals surface area (Å²) in [4.78, 5) is 4.02. The second-order valence-electron chi connectivity index (χ2n) is 2.20. The summed E-state index contributed by atoms with van der Waals surface area (Å²) in [7, 11) is 0. The molecule has 1 saturated heterocycles. The first-order valence-electron chi connectivity index (χ1n) is 2.94. The largest absolute Gasteiger partial charge is 0.387 e. The number of fused-ring (bicyclic) bond motifs is 1. The summed E-state index contributed by atoms with van der Waals surface area (Å²) in [5, 5.41) is 3.25. The Bertz CT molecular complexity index is 158. The normalized spacial score (nSPS) is 32.0. The highest BCUT2D eigenvalue weighted by molar-refractivity contribution is 5.69. The van der Waals surface area contributed by atoms with Crippen LogP contribution >= 0.6 is 0 Å². The van der Waals surface area contributed by atoms with Gasteiger partial charge in [0.15, 0.2) is 0 Å². The summed E-state index contributed by atoms with van der Waals surface area (Å²) in [5.41, 5.74) is 1.31. The summed E-state index contributed by atoms with van der Waals surface area (Å²) >= 11 is 0. The number of allylic oxidation sites excluding steroid dienone is 1. The van der Waals surface area contributed by atoms with Crippen molar-refractivity contribution < 1.29 is 0 Å². The van der Waals surface area contributed by atoms with E-state index in [0.717, 1.165) is 6.54 Å². The third-order valence-corrected chi connectivity index (χ3v) is 1.66. The number of nitrogens with one attached hydrogen (secondary N) is 1. The average Bonchev–Trinajstić information content (AvgIpc) is 2.15. The van der Waals surface area contributed by atoms with Gasteiger partial charge in [-0.05, 0) is 6.42 Å². The van der Waals surface area contributed by atoms with E-state index in [1.165, 1.54) is 12.1 Å². The van der Waals surface area contributed by atoms with Crippen molar-refractivity contribution in [3.63, 3.8) is 0 Å². The van der Waals surface area contributed by atoms with Gasteiger partial charge in [-0.1, -0.05) is 0 Å². The van der Waals surface area contributed by atoms with Crippen molar-refractivity contribution in [2.24, 2.45) is 10.9 Å². The fourth-order valence-corrected chi connectivity index (χ4v) is 1.18. The molecule has 0 saturated carbocycles.